The summed E-state index contributed by atoms with van der Waals surface area (Å²) in [7, 11) is 0. The molecular formula is C20H28N4O. The van der Waals surface area contributed by atoms with Crippen LogP contribution in [0, 0.1) is 6.92 Å². The number of hydrogen-bond donors (Lipinski definition) is 2. The Hall–Kier alpha value is -2.14. The summed E-state index contributed by atoms with van der Waals surface area (Å²) < 4.78 is 0. The fourth-order valence-corrected chi connectivity index (χ4v) is 3.55. The number of aromatic nitrogens is 2. The number of nitrogens with one attached hydrogen (secondary N) is 1. The highest BCUT2D eigenvalue weighted by atomic mass is 16.3. The Balaban J connectivity index is 1.68. The van der Waals surface area contributed by atoms with Crippen LogP contribution in [0.25, 0.3) is 0 Å². The number of piperidine rings is 1. The van der Waals surface area contributed by atoms with Crippen molar-refractivity contribution < 1.29 is 5.11 Å². The molecule has 0 aliphatic carbocycles. The maximum atomic E-state index is 9.63. The predicted octanol–water partition coefficient (Wildman–Crippen LogP) is 3.18. The van der Waals surface area contributed by atoms with E-state index in [9.17, 15) is 5.11 Å². The second-order valence-corrected chi connectivity index (χ2v) is 6.96. The summed E-state index contributed by atoms with van der Waals surface area (Å²) in [5.74, 6) is 1.74. The first-order chi connectivity index (χ1) is 12.2. The van der Waals surface area contributed by atoms with E-state index >= 15 is 0 Å². The fraction of sp³-hybridized carbons (Fsp3) is 0.500. The van der Waals surface area contributed by atoms with Gasteiger partial charge in [0.1, 0.15) is 18.0 Å². The van der Waals surface area contributed by atoms with Gasteiger partial charge in [0.2, 0.25) is 0 Å². The Bertz CT molecular complexity index is 691. The lowest BCUT2D eigenvalue weighted by Crippen LogP contribution is -2.42. The molecule has 134 valence electrons. The quantitative estimate of drug-likeness (QED) is 0.846. The van der Waals surface area contributed by atoms with Gasteiger partial charge in [0.25, 0.3) is 0 Å². The third-order valence-electron chi connectivity index (χ3n) is 4.97. The third kappa shape index (κ3) is 4.48. The van der Waals surface area contributed by atoms with Crippen molar-refractivity contribution in [3.63, 3.8) is 0 Å². The molecule has 2 atom stereocenters. The van der Waals surface area contributed by atoms with Crippen LogP contribution in [0.4, 0.5) is 11.6 Å². The van der Waals surface area contributed by atoms with E-state index in [-0.39, 0.29) is 18.7 Å². The second kappa shape index (κ2) is 8.30. The van der Waals surface area contributed by atoms with Crippen molar-refractivity contribution in [2.75, 3.05) is 23.4 Å². The summed E-state index contributed by atoms with van der Waals surface area (Å²) in [6.45, 7) is 5.44. The number of nitrogens with zero attached hydrogens (tertiary/aromatic N) is 3. The summed E-state index contributed by atoms with van der Waals surface area (Å²) >= 11 is 0. The molecule has 0 spiro atoms. The molecule has 0 radical (unpaired) electrons. The molecule has 3 rings (SSSR count). The molecule has 1 aliphatic rings. The monoisotopic (exact) mass is 340 g/mol. The summed E-state index contributed by atoms with van der Waals surface area (Å²) in [6.07, 6.45) is 5.90. The largest absolute Gasteiger partial charge is 0.394 e. The normalized spacial score (nSPS) is 18.8. The number of aliphatic hydroxyl groups excluding tert-OH is 1. The van der Waals surface area contributed by atoms with Crippen LogP contribution in [0.2, 0.25) is 0 Å². The molecule has 25 heavy (non-hydrogen) atoms. The van der Waals surface area contributed by atoms with Gasteiger partial charge in [-0.05, 0) is 50.7 Å². The van der Waals surface area contributed by atoms with Gasteiger partial charge in [0.15, 0.2) is 0 Å². The van der Waals surface area contributed by atoms with E-state index in [1.807, 2.05) is 6.07 Å². The van der Waals surface area contributed by atoms with Crippen molar-refractivity contribution >= 4 is 11.6 Å². The smallest absolute Gasteiger partial charge is 0.134 e. The Morgan fingerprint density at radius 1 is 1.28 bits per heavy atom. The van der Waals surface area contributed by atoms with E-state index in [2.05, 4.69) is 58.3 Å². The van der Waals surface area contributed by atoms with E-state index in [1.165, 1.54) is 17.5 Å². The highest BCUT2D eigenvalue weighted by molar-refractivity contribution is 5.50. The molecule has 0 bridgehead atoms. The molecule has 2 heterocycles. The van der Waals surface area contributed by atoms with Gasteiger partial charge in [-0.1, -0.05) is 24.3 Å². The number of hydrogen-bond acceptors (Lipinski definition) is 5. The third-order valence-corrected chi connectivity index (χ3v) is 4.97. The second-order valence-electron chi connectivity index (χ2n) is 6.96. The van der Waals surface area contributed by atoms with Gasteiger partial charge in [0.05, 0.1) is 12.6 Å². The van der Waals surface area contributed by atoms with Crippen molar-refractivity contribution in [3.05, 3.63) is 47.8 Å². The van der Waals surface area contributed by atoms with Crippen molar-refractivity contribution in [2.24, 2.45) is 0 Å². The molecule has 5 heteroatoms. The predicted molar refractivity (Wildman–Crippen MR) is 102 cm³/mol. The maximum Gasteiger partial charge on any atom is 0.134 e. The average molecular weight is 340 g/mol. The maximum absolute atomic E-state index is 9.63. The first kappa shape index (κ1) is 17.7. The molecule has 0 amide bonds. The van der Waals surface area contributed by atoms with Crippen LogP contribution < -0.4 is 10.2 Å². The van der Waals surface area contributed by atoms with E-state index in [4.69, 9.17) is 0 Å². The fourth-order valence-electron chi connectivity index (χ4n) is 3.55. The molecular weight excluding hydrogens is 312 g/mol. The molecule has 2 aromatic rings. The van der Waals surface area contributed by atoms with Crippen molar-refractivity contribution in [2.45, 2.75) is 51.6 Å². The number of rotatable bonds is 6. The van der Waals surface area contributed by atoms with Gasteiger partial charge in [-0.3, -0.25) is 0 Å². The number of anilines is 2. The number of aryl methyl sites for hydroxylation is 1. The standard InChI is InChI=1S/C20H28N4O/c1-15-7-3-4-8-17(15)11-16(2)23-19-12-20(22-14-21-19)24-10-6-5-9-18(24)13-25/h3-4,7-8,12,14,16,18,25H,5-6,9-11,13H2,1-2H3,(H,21,22,23). The Kier molecular flexibility index (Phi) is 5.87. The first-order valence-corrected chi connectivity index (χ1v) is 9.18. The van der Waals surface area contributed by atoms with E-state index in [0.29, 0.717) is 0 Å². The highest BCUT2D eigenvalue weighted by Crippen LogP contribution is 2.24. The summed E-state index contributed by atoms with van der Waals surface area (Å²) in [5.41, 5.74) is 2.67. The van der Waals surface area contributed by atoms with Crippen molar-refractivity contribution in [1.82, 2.24) is 9.97 Å². The van der Waals surface area contributed by atoms with Gasteiger partial charge < -0.3 is 15.3 Å². The summed E-state index contributed by atoms with van der Waals surface area (Å²) in [4.78, 5) is 11.0. The van der Waals surface area contributed by atoms with E-state index in [0.717, 1.165) is 37.4 Å². The van der Waals surface area contributed by atoms with E-state index in [1.54, 1.807) is 6.33 Å². The average Bonchev–Trinajstić information content (AvgIpc) is 2.64. The van der Waals surface area contributed by atoms with Crippen LogP contribution in [-0.4, -0.2) is 40.3 Å². The minimum absolute atomic E-state index is 0.167. The van der Waals surface area contributed by atoms with Gasteiger partial charge in [-0.15, -0.1) is 0 Å². The molecule has 1 aliphatic heterocycles. The molecule has 1 aromatic heterocycles. The summed E-state index contributed by atoms with van der Waals surface area (Å²) in [6, 6.07) is 10.9. The van der Waals surface area contributed by atoms with Crippen LogP contribution >= 0.6 is 0 Å². The minimum atomic E-state index is 0.167. The summed E-state index contributed by atoms with van der Waals surface area (Å²) in [5, 5.41) is 13.1. The lowest BCUT2D eigenvalue weighted by molar-refractivity contribution is 0.239. The Morgan fingerprint density at radius 3 is 2.92 bits per heavy atom. The van der Waals surface area contributed by atoms with Gasteiger partial charge in [-0.25, -0.2) is 9.97 Å². The number of aliphatic hydroxyl groups is 1. The Labute approximate surface area is 150 Å². The van der Waals surface area contributed by atoms with Crippen LogP contribution in [-0.2, 0) is 6.42 Å². The topological polar surface area (TPSA) is 61.3 Å². The van der Waals surface area contributed by atoms with Crippen LogP contribution in [0.1, 0.15) is 37.3 Å². The zero-order chi connectivity index (χ0) is 17.6. The lowest BCUT2D eigenvalue weighted by Gasteiger charge is -2.35. The molecule has 0 saturated carbocycles. The first-order valence-electron chi connectivity index (χ1n) is 9.18. The zero-order valence-corrected chi connectivity index (χ0v) is 15.2. The van der Waals surface area contributed by atoms with E-state index < -0.39 is 0 Å². The highest BCUT2D eigenvalue weighted by Gasteiger charge is 2.23. The van der Waals surface area contributed by atoms with Gasteiger partial charge in [-0.2, -0.15) is 0 Å². The van der Waals surface area contributed by atoms with Gasteiger partial charge >= 0.3 is 0 Å². The lowest BCUT2D eigenvalue weighted by atomic mass is 10.0. The van der Waals surface area contributed by atoms with Crippen LogP contribution in [0.5, 0.6) is 0 Å². The molecule has 2 unspecified atom stereocenters. The minimum Gasteiger partial charge on any atom is -0.394 e. The van der Waals surface area contributed by atoms with Crippen LogP contribution in [0.3, 0.4) is 0 Å². The molecule has 5 nitrogen and oxygen atoms in total. The molecule has 1 fully saturated rings. The molecule has 1 saturated heterocycles. The van der Waals surface area contributed by atoms with Crippen molar-refractivity contribution in [3.8, 4) is 0 Å². The number of benzene rings is 1. The molecule has 2 N–H and O–H groups in total. The Morgan fingerprint density at radius 2 is 2.12 bits per heavy atom. The van der Waals surface area contributed by atoms with Crippen LogP contribution in [0.15, 0.2) is 36.7 Å². The molecule has 1 aromatic carbocycles. The SMILES string of the molecule is Cc1ccccc1CC(C)Nc1cc(N2CCCCC2CO)ncn1. The van der Waals surface area contributed by atoms with Crippen molar-refractivity contribution in [1.29, 1.82) is 0 Å². The van der Waals surface area contributed by atoms with Gasteiger partial charge in [0, 0.05) is 18.7 Å². The zero-order valence-electron chi connectivity index (χ0n) is 15.2.